The van der Waals surface area contributed by atoms with E-state index in [-0.39, 0.29) is 6.04 Å². The van der Waals surface area contributed by atoms with E-state index in [1.165, 1.54) is 0 Å². The van der Waals surface area contributed by atoms with Gasteiger partial charge >= 0.3 is 0 Å². The molecule has 0 aromatic heterocycles. The van der Waals surface area contributed by atoms with Gasteiger partial charge in [-0.25, -0.2) is 0 Å². The zero-order chi connectivity index (χ0) is 14.4. The molecule has 0 fully saturated rings. The van der Waals surface area contributed by atoms with E-state index in [1.807, 2.05) is 19.1 Å². The van der Waals surface area contributed by atoms with Gasteiger partial charge in [0.2, 0.25) is 5.75 Å². The molecule has 0 aliphatic carbocycles. The lowest BCUT2D eigenvalue weighted by atomic mass is 9.93. The molecule has 0 aliphatic rings. The van der Waals surface area contributed by atoms with Crippen LogP contribution < -0.4 is 19.9 Å². The van der Waals surface area contributed by atoms with E-state index >= 15 is 0 Å². The molecule has 0 saturated heterocycles. The Morgan fingerprint density at radius 2 is 1.58 bits per heavy atom. The Bertz CT molecular complexity index is 405. The third-order valence-electron chi connectivity index (χ3n) is 3.32. The van der Waals surface area contributed by atoms with E-state index in [9.17, 15) is 0 Å². The maximum absolute atomic E-state index is 5.82. The van der Waals surface area contributed by atoms with E-state index in [0.29, 0.717) is 17.4 Å². The monoisotopic (exact) mass is 267 g/mol. The summed E-state index contributed by atoms with van der Waals surface area (Å²) in [6, 6.07) is 4.17. The molecule has 0 amide bonds. The van der Waals surface area contributed by atoms with Crippen LogP contribution in [0.25, 0.3) is 0 Å². The van der Waals surface area contributed by atoms with Crippen molar-refractivity contribution in [2.45, 2.75) is 38.6 Å². The number of rotatable bonds is 7. The van der Waals surface area contributed by atoms with Gasteiger partial charge in [0.05, 0.1) is 21.3 Å². The van der Waals surface area contributed by atoms with Gasteiger partial charge in [-0.3, -0.25) is 0 Å². The van der Waals surface area contributed by atoms with E-state index in [4.69, 9.17) is 19.9 Å². The third-order valence-corrected chi connectivity index (χ3v) is 3.32. The van der Waals surface area contributed by atoms with Crippen LogP contribution >= 0.6 is 0 Å². The van der Waals surface area contributed by atoms with Crippen molar-refractivity contribution in [3.05, 3.63) is 17.7 Å². The Morgan fingerprint density at radius 3 is 2.05 bits per heavy atom. The summed E-state index contributed by atoms with van der Waals surface area (Å²) in [7, 11) is 4.90. The first-order valence-corrected chi connectivity index (χ1v) is 6.59. The summed E-state index contributed by atoms with van der Waals surface area (Å²) in [5.41, 5.74) is 6.94. The fraction of sp³-hybridized carbons (Fsp3) is 0.600. The molecule has 1 aromatic carbocycles. The predicted molar refractivity (Wildman–Crippen MR) is 77.4 cm³/mol. The first kappa shape index (κ1) is 15.6. The normalized spacial score (nSPS) is 13.8. The van der Waals surface area contributed by atoms with Crippen molar-refractivity contribution in [2.75, 3.05) is 21.3 Å². The van der Waals surface area contributed by atoms with Crippen LogP contribution in [0.2, 0.25) is 0 Å². The molecular weight excluding hydrogens is 242 g/mol. The second kappa shape index (κ2) is 7.24. The fourth-order valence-corrected chi connectivity index (χ4v) is 2.18. The number of methoxy groups -OCH3 is 3. The van der Waals surface area contributed by atoms with Gasteiger partial charge in [-0.2, -0.15) is 0 Å². The minimum Gasteiger partial charge on any atom is -0.493 e. The van der Waals surface area contributed by atoms with Crippen LogP contribution in [-0.4, -0.2) is 27.4 Å². The number of ether oxygens (including phenoxy) is 3. The highest BCUT2D eigenvalue weighted by atomic mass is 16.5. The SMILES string of the molecule is COc1ccc(C(C)CCC(C)N)c(OC)c1OC. The van der Waals surface area contributed by atoms with E-state index in [0.717, 1.165) is 24.2 Å². The molecule has 0 spiro atoms. The van der Waals surface area contributed by atoms with Crippen molar-refractivity contribution in [2.24, 2.45) is 5.73 Å². The molecule has 2 atom stereocenters. The molecule has 2 N–H and O–H groups in total. The lowest BCUT2D eigenvalue weighted by molar-refractivity contribution is 0.320. The first-order chi connectivity index (χ1) is 9.04. The summed E-state index contributed by atoms with van der Waals surface area (Å²) >= 11 is 0. The maximum atomic E-state index is 5.82. The summed E-state index contributed by atoms with van der Waals surface area (Å²) in [5, 5.41) is 0. The summed E-state index contributed by atoms with van der Waals surface area (Å²) in [6.45, 7) is 4.20. The molecule has 0 aliphatic heterocycles. The minimum absolute atomic E-state index is 0.216. The number of hydrogen-bond acceptors (Lipinski definition) is 4. The number of nitrogens with two attached hydrogens (primary N) is 1. The Labute approximate surface area is 115 Å². The van der Waals surface area contributed by atoms with Crippen LogP contribution in [0.4, 0.5) is 0 Å². The minimum atomic E-state index is 0.216. The van der Waals surface area contributed by atoms with Crippen molar-refractivity contribution in [1.29, 1.82) is 0 Å². The predicted octanol–water partition coefficient (Wildman–Crippen LogP) is 2.94. The second-order valence-electron chi connectivity index (χ2n) is 4.88. The Balaban J connectivity index is 3.06. The molecule has 19 heavy (non-hydrogen) atoms. The van der Waals surface area contributed by atoms with Gasteiger partial charge in [0.15, 0.2) is 11.5 Å². The van der Waals surface area contributed by atoms with Crippen molar-refractivity contribution < 1.29 is 14.2 Å². The number of hydrogen-bond donors (Lipinski definition) is 1. The zero-order valence-corrected chi connectivity index (χ0v) is 12.5. The van der Waals surface area contributed by atoms with Crippen molar-refractivity contribution in [3.8, 4) is 17.2 Å². The molecule has 108 valence electrons. The summed E-state index contributed by atoms with van der Waals surface area (Å²) in [5.74, 6) is 2.44. The molecule has 0 heterocycles. The number of benzene rings is 1. The smallest absolute Gasteiger partial charge is 0.203 e. The highest BCUT2D eigenvalue weighted by molar-refractivity contribution is 5.56. The van der Waals surface area contributed by atoms with Gasteiger partial charge < -0.3 is 19.9 Å². The van der Waals surface area contributed by atoms with Gasteiger partial charge in [0, 0.05) is 11.6 Å². The maximum Gasteiger partial charge on any atom is 0.203 e. The molecule has 4 nitrogen and oxygen atoms in total. The highest BCUT2D eigenvalue weighted by Gasteiger charge is 2.19. The Hall–Kier alpha value is -1.42. The van der Waals surface area contributed by atoms with Crippen molar-refractivity contribution >= 4 is 0 Å². The van der Waals surface area contributed by atoms with Gasteiger partial charge in [-0.05, 0) is 31.7 Å². The highest BCUT2D eigenvalue weighted by Crippen LogP contribution is 2.43. The lowest BCUT2D eigenvalue weighted by Crippen LogP contribution is -2.15. The van der Waals surface area contributed by atoms with Crippen molar-refractivity contribution in [1.82, 2.24) is 0 Å². The molecule has 2 unspecified atom stereocenters. The molecule has 0 radical (unpaired) electrons. The Morgan fingerprint density at radius 1 is 0.947 bits per heavy atom. The van der Waals surface area contributed by atoms with Crippen LogP contribution in [0, 0.1) is 0 Å². The van der Waals surface area contributed by atoms with Crippen LogP contribution in [0.3, 0.4) is 0 Å². The quantitative estimate of drug-likeness (QED) is 0.825. The zero-order valence-electron chi connectivity index (χ0n) is 12.5. The summed E-state index contributed by atoms with van der Waals surface area (Å²) in [4.78, 5) is 0. The molecule has 1 rings (SSSR count). The van der Waals surface area contributed by atoms with E-state index in [1.54, 1.807) is 21.3 Å². The van der Waals surface area contributed by atoms with Gasteiger partial charge in [0.25, 0.3) is 0 Å². The van der Waals surface area contributed by atoms with E-state index < -0.39 is 0 Å². The summed E-state index contributed by atoms with van der Waals surface area (Å²) < 4.78 is 16.2. The molecule has 0 saturated carbocycles. The standard InChI is InChI=1S/C15H25NO3/c1-10(6-7-11(2)16)12-8-9-13(17-3)15(19-5)14(12)18-4/h8-11H,6-7,16H2,1-5H3. The molecule has 0 bridgehead atoms. The van der Waals surface area contributed by atoms with Crippen LogP contribution in [-0.2, 0) is 0 Å². The van der Waals surface area contributed by atoms with Gasteiger partial charge in [-0.1, -0.05) is 13.0 Å². The average molecular weight is 267 g/mol. The van der Waals surface area contributed by atoms with Gasteiger partial charge in [0.1, 0.15) is 0 Å². The third kappa shape index (κ3) is 3.77. The first-order valence-electron chi connectivity index (χ1n) is 6.59. The largest absolute Gasteiger partial charge is 0.493 e. The second-order valence-corrected chi connectivity index (χ2v) is 4.88. The fourth-order valence-electron chi connectivity index (χ4n) is 2.18. The molecule has 4 heteroatoms. The van der Waals surface area contributed by atoms with Gasteiger partial charge in [-0.15, -0.1) is 0 Å². The molecule has 1 aromatic rings. The topological polar surface area (TPSA) is 53.7 Å². The van der Waals surface area contributed by atoms with Crippen LogP contribution in [0.15, 0.2) is 12.1 Å². The van der Waals surface area contributed by atoms with Crippen molar-refractivity contribution in [3.63, 3.8) is 0 Å². The summed E-state index contributed by atoms with van der Waals surface area (Å²) in [6.07, 6.45) is 2.00. The Kier molecular flexibility index (Phi) is 5.96. The molecular formula is C15H25NO3. The van der Waals surface area contributed by atoms with E-state index in [2.05, 4.69) is 6.92 Å². The average Bonchev–Trinajstić information content (AvgIpc) is 2.42. The lowest BCUT2D eigenvalue weighted by Gasteiger charge is -2.20. The van der Waals surface area contributed by atoms with Crippen LogP contribution in [0.5, 0.6) is 17.2 Å². The van der Waals surface area contributed by atoms with Crippen LogP contribution in [0.1, 0.15) is 38.2 Å².